The van der Waals surface area contributed by atoms with Gasteiger partial charge < -0.3 is 9.50 Å². The lowest BCUT2D eigenvalue weighted by atomic mass is 10.2. The Morgan fingerprint density at radius 2 is 2.00 bits per heavy atom. The van der Waals surface area contributed by atoms with Gasteiger partial charge in [-0.3, -0.25) is 4.79 Å². The van der Waals surface area contributed by atoms with Crippen molar-refractivity contribution in [1.29, 1.82) is 0 Å². The molecule has 1 amide bonds. The molecule has 28 heavy (non-hydrogen) atoms. The minimum absolute atomic E-state index is 0.0562. The molecule has 1 saturated heterocycles. The van der Waals surface area contributed by atoms with Gasteiger partial charge in [-0.1, -0.05) is 46.7 Å². The first-order valence-corrected chi connectivity index (χ1v) is 11.3. The maximum absolute atomic E-state index is 12.4. The van der Waals surface area contributed by atoms with Crippen LogP contribution < -0.4 is 9.50 Å². The van der Waals surface area contributed by atoms with E-state index in [1.54, 1.807) is 30.3 Å². The summed E-state index contributed by atoms with van der Waals surface area (Å²) < 4.78 is 30.7. The predicted octanol–water partition coefficient (Wildman–Crippen LogP) is 3.55. The highest BCUT2D eigenvalue weighted by Crippen LogP contribution is 2.22. The van der Waals surface area contributed by atoms with Crippen molar-refractivity contribution in [3.63, 3.8) is 0 Å². The standard InChI is InChI=1S/C18H16BrN3O4S2/c1-2-16-17(23)21-18(27-16)22-20-11-12-4-3-5-14(10-12)26-28(24,25)15-8-6-13(19)7-9-15/h3-11,16H,2H2,1H3,(H,21,22,23)/b20-11+. The molecular formula is C18H16BrN3O4S2. The summed E-state index contributed by atoms with van der Waals surface area (Å²) >= 11 is 4.59. The highest BCUT2D eigenvalue weighted by atomic mass is 79.9. The van der Waals surface area contributed by atoms with E-state index >= 15 is 0 Å². The highest BCUT2D eigenvalue weighted by Gasteiger charge is 2.28. The largest absolute Gasteiger partial charge is 0.379 e. The summed E-state index contributed by atoms with van der Waals surface area (Å²) in [5.41, 5.74) is 0.606. The van der Waals surface area contributed by atoms with Crippen molar-refractivity contribution in [2.45, 2.75) is 23.5 Å². The Morgan fingerprint density at radius 3 is 2.68 bits per heavy atom. The Labute approximate surface area is 175 Å². The minimum Gasteiger partial charge on any atom is -0.379 e. The van der Waals surface area contributed by atoms with Crippen LogP contribution in [0.25, 0.3) is 0 Å². The number of hydrogen-bond acceptors (Lipinski definition) is 7. The molecule has 2 aromatic carbocycles. The quantitative estimate of drug-likeness (QED) is 0.386. The van der Waals surface area contributed by atoms with Gasteiger partial charge in [-0.05, 0) is 48.4 Å². The third-order valence-corrected chi connectivity index (χ3v) is 6.70. The number of amides is 1. The molecule has 10 heteroatoms. The summed E-state index contributed by atoms with van der Waals surface area (Å²) in [6.07, 6.45) is 2.17. The molecular weight excluding hydrogens is 466 g/mol. The molecule has 3 rings (SSSR count). The Balaban J connectivity index is 1.70. The molecule has 0 radical (unpaired) electrons. The van der Waals surface area contributed by atoms with Crippen molar-refractivity contribution < 1.29 is 17.4 Å². The third kappa shape index (κ3) is 5.21. The van der Waals surface area contributed by atoms with Gasteiger partial charge in [0.25, 0.3) is 0 Å². The number of carbonyl (C=O) groups excluding carboxylic acids is 1. The molecule has 1 atom stereocenters. The van der Waals surface area contributed by atoms with Gasteiger partial charge in [0, 0.05) is 4.47 Å². The van der Waals surface area contributed by atoms with Crippen LogP contribution in [-0.2, 0) is 14.9 Å². The number of amidine groups is 1. The van der Waals surface area contributed by atoms with Crippen molar-refractivity contribution in [2.24, 2.45) is 10.2 Å². The van der Waals surface area contributed by atoms with Gasteiger partial charge in [0.2, 0.25) is 5.91 Å². The number of halogens is 1. The van der Waals surface area contributed by atoms with E-state index < -0.39 is 10.1 Å². The van der Waals surface area contributed by atoms with Crippen LogP contribution in [0.2, 0.25) is 0 Å². The van der Waals surface area contributed by atoms with Gasteiger partial charge in [0.15, 0.2) is 5.17 Å². The van der Waals surface area contributed by atoms with Gasteiger partial charge in [0.1, 0.15) is 10.6 Å². The molecule has 1 unspecified atom stereocenters. The Morgan fingerprint density at radius 1 is 1.25 bits per heavy atom. The van der Waals surface area contributed by atoms with Crippen LogP contribution >= 0.6 is 27.7 Å². The topological polar surface area (TPSA) is 97.2 Å². The zero-order valence-corrected chi connectivity index (χ0v) is 17.9. The molecule has 146 valence electrons. The number of hydrogen-bond donors (Lipinski definition) is 1. The lowest BCUT2D eigenvalue weighted by Crippen LogP contribution is -2.24. The number of nitrogens with one attached hydrogen (secondary N) is 1. The van der Waals surface area contributed by atoms with Crippen LogP contribution in [0.5, 0.6) is 5.75 Å². The van der Waals surface area contributed by atoms with Gasteiger partial charge in [-0.15, -0.1) is 5.10 Å². The lowest BCUT2D eigenvalue weighted by Gasteiger charge is -2.07. The fourth-order valence-electron chi connectivity index (χ4n) is 2.29. The number of nitrogens with zero attached hydrogens (tertiary/aromatic N) is 2. The van der Waals surface area contributed by atoms with E-state index in [1.807, 2.05) is 6.92 Å². The Bertz CT molecular complexity index is 1040. The van der Waals surface area contributed by atoms with Crippen LogP contribution in [0.15, 0.2) is 68.1 Å². The van der Waals surface area contributed by atoms with Gasteiger partial charge in [-0.2, -0.15) is 13.5 Å². The molecule has 2 aromatic rings. The fraction of sp³-hybridized carbons (Fsp3) is 0.167. The minimum atomic E-state index is -3.94. The predicted molar refractivity (Wildman–Crippen MR) is 113 cm³/mol. The van der Waals surface area contributed by atoms with E-state index in [-0.39, 0.29) is 21.8 Å². The zero-order valence-electron chi connectivity index (χ0n) is 14.7. The second kappa shape index (κ2) is 8.89. The number of rotatable bonds is 6. The van der Waals surface area contributed by atoms with Gasteiger partial charge >= 0.3 is 10.1 Å². The second-order valence-electron chi connectivity index (χ2n) is 5.72. The van der Waals surface area contributed by atoms with E-state index in [1.165, 1.54) is 36.2 Å². The van der Waals surface area contributed by atoms with Crippen LogP contribution in [0.1, 0.15) is 18.9 Å². The maximum Gasteiger partial charge on any atom is 0.339 e. The molecule has 1 N–H and O–H groups in total. The van der Waals surface area contributed by atoms with E-state index in [0.29, 0.717) is 17.2 Å². The molecule has 1 heterocycles. The second-order valence-corrected chi connectivity index (χ2v) is 9.37. The molecule has 0 aliphatic carbocycles. The van der Waals surface area contributed by atoms with Crippen LogP contribution in [0, 0.1) is 0 Å². The van der Waals surface area contributed by atoms with E-state index in [9.17, 15) is 13.2 Å². The normalized spacial score (nSPS) is 18.6. The van der Waals surface area contributed by atoms with Crippen molar-refractivity contribution in [1.82, 2.24) is 5.32 Å². The van der Waals surface area contributed by atoms with E-state index in [0.717, 1.165) is 4.47 Å². The third-order valence-electron chi connectivity index (χ3n) is 3.67. The molecule has 1 aliphatic rings. The monoisotopic (exact) mass is 481 g/mol. The average Bonchev–Trinajstić information content (AvgIpc) is 3.02. The summed E-state index contributed by atoms with van der Waals surface area (Å²) in [5, 5.41) is 10.9. The summed E-state index contributed by atoms with van der Waals surface area (Å²) in [6, 6.07) is 12.6. The molecule has 0 aromatic heterocycles. The Hall–Kier alpha value is -2.17. The van der Waals surface area contributed by atoms with E-state index in [2.05, 4.69) is 31.4 Å². The maximum atomic E-state index is 12.4. The summed E-state index contributed by atoms with van der Waals surface area (Å²) in [4.78, 5) is 11.7. The smallest absolute Gasteiger partial charge is 0.339 e. The van der Waals surface area contributed by atoms with Crippen molar-refractivity contribution in [3.8, 4) is 5.75 Å². The summed E-state index contributed by atoms with van der Waals surface area (Å²) in [5.74, 6) is 0.0871. The SMILES string of the molecule is CCC1S/C(=N\N=C\c2cccc(OS(=O)(=O)c3ccc(Br)cc3)c2)NC1=O. The zero-order chi connectivity index (χ0) is 20.1. The van der Waals surface area contributed by atoms with Crippen LogP contribution in [0.4, 0.5) is 0 Å². The van der Waals surface area contributed by atoms with Gasteiger partial charge in [-0.25, -0.2) is 0 Å². The first-order valence-electron chi connectivity index (χ1n) is 8.26. The number of benzene rings is 2. The lowest BCUT2D eigenvalue weighted by molar-refractivity contribution is -0.118. The molecule has 7 nitrogen and oxygen atoms in total. The fourth-order valence-corrected chi connectivity index (χ4v) is 4.33. The van der Waals surface area contributed by atoms with Crippen LogP contribution in [0.3, 0.4) is 0 Å². The molecule has 0 bridgehead atoms. The first-order chi connectivity index (χ1) is 13.4. The first kappa shape index (κ1) is 20.6. The average molecular weight is 482 g/mol. The van der Waals surface area contributed by atoms with E-state index in [4.69, 9.17) is 4.18 Å². The van der Waals surface area contributed by atoms with Crippen LogP contribution in [-0.4, -0.2) is 31.0 Å². The molecule has 1 aliphatic heterocycles. The van der Waals surface area contributed by atoms with Gasteiger partial charge in [0.05, 0.1) is 11.5 Å². The number of thioether (sulfide) groups is 1. The molecule has 1 fully saturated rings. The highest BCUT2D eigenvalue weighted by molar-refractivity contribution is 9.10. The van der Waals surface area contributed by atoms with Crippen molar-refractivity contribution in [3.05, 3.63) is 58.6 Å². The number of carbonyl (C=O) groups is 1. The Kier molecular flexibility index (Phi) is 6.53. The molecule has 0 saturated carbocycles. The van der Waals surface area contributed by atoms with Crippen molar-refractivity contribution in [2.75, 3.05) is 0 Å². The van der Waals surface area contributed by atoms with Crippen molar-refractivity contribution >= 4 is 55.1 Å². The molecule has 0 spiro atoms. The summed E-state index contributed by atoms with van der Waals surface area (Å²) in [6.45, 7) is 1.93. The summed E-state index contributed by atoms with van der Waals surface area (Å²) in [7, 11) is -3.94.